The van der Waals surface area contributed by atoms with Crippen LogP contribution in [0.4, 0.5) is 16.4 Å². The van der Waals surface area contributed by atoms with Gasteiger partial charge in [-0.3, -0.25) is 0 Å². The summed E-state index contributed by atoms with van der Waals surface area (Å²) in [6, 6.07) is 1.46. The van der Waals surface area contributed by atoms with Gasteiger partial charge in [0.25, 0.3) is 10.0 Å². The van der Waals surface area contributed by atoms with Gasteiger partial charge in [-0.1, -0.05) is 6.07 Å². The van der Waals surface area contributed by atoms with Gasteiger partial charge < -0.3 is 11.1 Å². The van der Waals surface area contributed by atoms with Crippen molar-refractivity contribution < 1.29 is 13.2 Å². The van der Waals surface area contributed by atoms with Crippen LogP contribution in [0, 0.1) is 0 Å². The summed E-state index contributed by atoms with van der Waals surface area (Å²) in [7, 11) is -4.07. The average molecular weight is 413 g/mol. The van der Waals surface area contributed by atoms with Crippen molar-refractivity contribution in [3.05, 3.63) is 40.7 Å². The number of rotatable bonds is 3. The van der Waals surface area contributed by atoms with Crippen LogP contribution in [0.3, 0.4) is 0 Å². The molecule has 0 fully saturated rings. The molecule has 4 N–H and O–H groups in total. The number of aromatic nitrogens is 2. The normalized spacial score (nSPS) is 14.8. The van der Waals surface area contributed by atoms with Crippen LogP contribution in [0.5, 0.6) is 0 Å². The Labute approximate surface area is 200 Å². The third-order valence-corrected chi connectivity index (χ3v) is 6.18. The molecule has 2 aliphatic carbocycles. The number of hydrogen-bond acceptors (Lipinski definition) is 6. The fourth-order valence-electron chi connectivity index (χ4n) is 3.75. The van der Waals surface area contributed by atoms with Crippen LogP contribution in [0.1, 0.15) is 35.1 Å². The van der Waals surface area contributed by atoms with E-state index in [4.69, 9.17) is 5.73 Å². The van der Waals surface area contributed by atoms with Crippen molar-refractivity contribution >= 4 is 79.1 Å². The van der Waals surface area contributed by atoms with Crippen molar-refractivity contribution in [1.82, 2.24) is 14.7 Å². The minimum Gasteiger partial charge on any atom is -0.368 e. The van der Waals surface area contributed by atoms with Crippen molar-refractivity contribution in [3.8, 4) is 0 Å². The van der Waals surface area contributed by atoms with E-state index >= 15 is 0 Å². The van der Waals surface area contributed by atoms with Crippen LogP contribution in [-0.2, 0) is 35.7 Å². The van der Waals surface area contributed by atoms with Crippen LogP contribution in [0.15, 0.2) is 23.4 Å². The summed E-state index contributed by atoms with van der Waals surface area (Å²) in [5, 5.41) is 2.79. The summed E-state index contributed by atoms with van der Waals surface area (Å²) < 4.78 is 26.7. The first-order valence-electron chi connectivity index (χ1n) is 8.52. The van der Waals surface area contributed by atoms with Gasteiger partial charge in [-0.15, -0.1) is 0 Å². The predicted molar refractivity (Wildman–Crippen MR) is 102 cm³/mol. The molecule has 1 heterocycles. The Morgan fingerprint density at radius 2 is 1.56 bits per heavy atom. The fraction of sp³-hybridized carbons (Fsp3) is 0.353. The molecule has 8 nitrogen and oxygen atoms in total. The number of amides is 2. The van der Waals surface area contributed by atoms with E-state index in [2.05, 4.69) is 21.4 Å². The molecular formula is C17H19KN5O3S. The average Bonchev–Trinajstić information content (AvgIpc) is 3.23. The Morgan fingerprint density at radius 3 is 2.11 bits per heavy atom. The molecule has 0 saturated heterocycles. The molecular weight excluding hydrogens is 393 g/mol. The molecule has 0 spiro atoms. The Balaban J connectivity index is 0.00000210. The maximum absolute atomic E-state index is 12.4. The quantitative estimate of drug-likeness (QED) is 0.650. The van der Waals surface area contributed by atoms with Gasteiger partial charge in [-0.2, -0.15) is 0 Å². The standard InChI is InChI=1S/C17H19N5O3S.K/c18-16-19-8-12(9-20-16)26(24,25)22-17(23)21-15-13-5-1-3-10(13)7-11-4-2-6-14(11)15;/h7-9H,1-6H2,(H2,18,19,20)(H2,21,22,23);. The van der Waals surface area contributed by atoms with E-state index in [9.17, 15) is 13.2 Å². The van der Waals surface area contributed by atoms with Crippen molar-refractivity contribution in [3.63, 3.8) is 0 Å². The number of nitrogens with one attached hydrogen (secondary N) is 2. The number of carbonyl (C=O) groups excluding carboxylic acids is 1. The Bertz CT molecular complexity index is 960. The summed E-state index contributed by atoms with van der Waals surface area (Å²) in [6.45, 7) is 0. The summed E-state index contributed by atoms with van der Waals surface area (Å²) in [5.74, 6) is -0.0381. The van der Waals surface area contributed by atoms with E-state index in [0.29, 0.717) is 0 Å². The van der Waals surface area contributed by atoms with Gasteiger partial charge in [-0.05, 0) is 60.8 Å². The van der Waals surface area contributed by atoms with Crippen LogP contribution in [0.25, 0.3) is 0 Å². The summed E-state index contributed by atoms with van der Waals surface area (Å²) >= 11 is 0. The van der Waals surface area contributed by atoms with Crippen LogP contribution >= 0.6 is 0 Å². The monoisotopic (exact) mass is 412 g/mol. The zero-order valence-electron chi connectivity index (χ0n) is 15.1. The Hall–Kier alpha value is -1.04. The number of fused-ring (bicyclic) bond motifs is 2. The molecule has 0 atom stereocenters. The van der Waals surface area contributed by atoms with Crippen LogP contribution in [0.2, 0.25) is 0 Å². The molecule has 27 heavy (non-hydrogen) atoms. The second kappa shape index (κ2) is 8.14. The van der Waals surface area contributed by atoms with Crippen LogP contribution < -0.4 is 15.8 Å². The third-order valence-electron chi connectivity index (χ3n) is 4.90. The van der Waals surface area contributed by atoms with Gasteiger partial charge in [0.2, 0.25) is 5.95 Å². The zero-order chi connectivity index (χ0) is 18.3. The minimum atomic E-state index is -4.07. The zero-order valence-corrected chi connectivity index (χ0v) is 19.0. The van der Waals surface area contributed by atoms with Gasteiger partial charge in [0.15, 0.2) is 0 Å². The van der Waals surface area contributed by atoms with E-state index in [0.717, 1.165) is 67.7 Å². The number of carbonyl (C=O) groups is 1. The van der Waals surface area contributed by atoms with E-state index in [1.807, 2.05) is 4.72 Å². The fourth-order valence-corrected chi connectivity index (χ4v) is 4.55. The molecule has 2 aliphatic rings. The van der Waals surface area contributed by atoms with Gasteiger partial charge >= 0.3 is 6.03 Å². The number of aryl methyl sites for hydroxylation is 2. The number of benzene rings is 1. The number of nitrogens with zero attached hydrogens (tertiary/aromatic N) is 2. The summed E-state index contributed by atoms with van der Waals surface area (Å²) in [4.78, 5) is 19.5. The molecule has 0 aliphatic heterocycles. The molecule has 0 unspecified atom stereocenters. The van der Waals surface area contributed by atoms with Crippen LogP contribution in [-0.4, -0.2) is 75.8 Å². The van der Waals surface area contributed by atoms with E-state index in [1.165, 1.54) is 11.1 Å². The molecule has 0 bridgehead atoms. The maximum Gasteiger partial charge on any atom is 0.333 e. The number of urea groups is 1. The second-order valence-corrected chi connectivity index (χ2v) is 8.25. The van der Waals surface area contributed by atoms with Crippen molar-refractivity contribution in [1.29, 1.82) is 0 Å². The van der Waals surface area contributed by atoms with E-state index in [1.54, 1.807) is 0 Å². The summed E-state index contributed by atoms with van der Waals surface area (Å²) in [6.07, 6.45) is 8.03. The molecule has 0 saturated carbocycles. The second-order valence-electron chi connectivity index (χ2n) is 6.57. The first-order chi connectivity index (χ1) is 12.4. The van der Waals surface area contributed by atoms with Crippen molar-refractivity contribution in [2.75, 3.05) is 11.1 Å². The van der Waals surface area contributed by atoms with Gasteiger partial charge in [0, 0.05) is 57.1 Å². The van der Waals surface area contributed by atoms with Gasteiger partial charge in [-0.25, -0.2) is 27.9 Å². The molecule has 137 valence electrons. The molecule has 2 amide bonds. The van der Waals surface area contributed by atoms with E-state index < -0.39 is 16.1 Å². The minimum absolute atomic E-state index is 0. The number of nitrogen functional groups attached to an aromatic ring is 1. The maximum atomic E-state index is 12.4. The molecule has 10 heteroatoms. The molecule has 1 aromatic heterocycles. The summed E-state index contributed by atoms with van der Waals surface area (Å²) in [5.41, 5.74) is 10.9. The predicted octanol–water partition coefficient (Wildman–Crippen LogP) is 1.17. The first-order valence-corrected chi connectivity index (χ1v) is 10.0. The van der Waals surface area contributed by atoms with Gasteiger partial charge in [0.05, 0.1) is 12.4 Å². The SMILES string of the molecule is Nc1ncc(S(=O)(=O)NC(=O)Nc2c3c(cc4c2CCC4)CCC3)cn1.[K]. The van der Waals surface area contributed by atoms with Crippen molar-refractivity contribution in [2.45, 2.75) is 43.4 Å². The first kappa shape index (κ1) is 20.7. The Kier molecular flexibility index (Phi) is 6.23. The number of hydrogen-bond donors (Lipinski definition) is 3. The Morgan fingerprint density at radius 1 is 1.00 bits per heavy atom. The van der Waals surface area contributed by atoms with E-state index in [-0.39, 0.29) is 62.2 Å². The molecule has 4 rings (SSSR count). The number of anilines is 2. The molecule has 1 radical (unpaired) electrons. The molecule has 1 aromatic carbocycles. The van der Waals surface area contributed by atoms with Gasteiger partial charge in [0.1, 0.15) is 4.90 Å². The molecule has 2 aromatic rings. The number of nitrogens with two attached hydrogens (primary N) is 1. The largest absolute Gasteiger partial charge is 0.368 e. The topological polar surface area (TPSA) is 127 Å². The smallest absolute Gasteiger partial charge is 0.333 e. The number of sulfonamides is 1. The third kappa shape index (κ3) is 4.20. The van der Waals surface area contributed by atoms with Crippen molar-refractivity contribution in [2.24, 2.45) is 0 Å².